The van der Waals surface area contributed by atoms with Crippen LogP contribution in [0.25, 0.3) is 0 Å². The van der Waals surface area contributed by atoms with Crippen LogP contribution < -0.4 is 5.32 Å². The van der Waals surface area contributed by atoms with Crippen LogP contribution in [0.4, 0.5) is 0 Å². The number of aromatic nitrogens is 1. The van der Waals surface area contributed by atoms with Crippen LogP contribution in [0.15, 0.2) is 18.3 Å². The zero-order valence-corrected chi connectivity index (χ0v) is 13.9. The lowest BCUT2D eigenvalue weighted by Crippen LogP contribution is -2.40. The van der Waals surface area contributed by atoms with Crippen molar-refractivity contribution in [2.24, 2.45) is 5.92 Å². The maximum Gasteiger partial charge on any atom is 0.211 e. The molecule has 1 saturated heterocycles. The first-order chi connectivity index (χ1) is 9.91. The molecule has 5 nitrogen and oxygen atoms in total. The Morgan fingerprint density at radius 3 is 2.90 bits per heavy atom. The highest BCUT2D eigenvalue weighted by atomic mass is 32.2. The number of sulfonamides is 1. The molecule has 118 valence electrons. The second-order valence-electron chi connectivity index (χ2n) is 5.88. The summed E-state index contributed by atoms with van der Waals surface area (Å²) in [4.78, 5) is 4.35. The predicted octanol–water partition coefficient (Wildman–Crippen LogP) is 1.71. The van der Waals surface area contributed by atoms with Crippen molar-refractivity contribution in [2.45, 2.75) is 32.2 Å². The van der Waals surface area contributed by atoms with E-state index in [1.807, 2.05) is 20.0 Å². The zero-order chi connectivity index (χ0) is 15.5. The number of aryl methyl sites for hydroxylation is 1. The molecule has 2 rings (SSSR count). The van der Waals surface area contributed by atoms with Gasteiger partial charge in [0.2, 0.25) is 10.0 Å². The van der Waals surface area contributed by atoms with Crippen LogP contribution in [0, 0.1) is 12.8 Å². The Hall–Kier alpha value is -0.980. The quantitative estimate of drug-likeness (QED) is 0.899. The second kappa shape index (κ2) is 6.85. The van der Waals surface area contributed by atoms with Gasteiger partial charge in [0.1, 0.15) is 0 Å². The fraction of sp³-hybridized carbons (Fsp3) is 0.667. The Balaban J connectivity index is 2.07. The minimum Gasteiger partial charge on any atom is -0.313 e. The number of hydrogen-bond donors (Lipinski definition) is 1. The monoisotopic (exact) mass is 311 g/mol. The number of nitrogens with zero attached hydrogens (tertiary/aromatic N) is 2. The summed E-state index contributed by atoms with van der Waals surface area (Å²) >= 11 is 0. The number of rotatable bonds is 5. The van der Waals surface area contributed by atoms with Crippen LogP contribution in [-0.4, -0.2) is 44.1 Å². The average molecular weight is 311 g/mol. The van der Waals surface area contributed by atoms with E-state index < -0.39 is 10.0 Å². The van der Waals surface area contributed by atoms with Gasteiger partial charge in [-0.3, -0.25) is 4.98 Å². The topological polar surface area (TPSA) is 62.3 Å². The molecule has 2 atom stereocenters. The van der Waals surface area contributed by atoms with Gasteiger partial charge in [0, 0.05) is 31.0 Å². The van der Waals surface area contributed by atoms with Gasteiger partial charge in [0.05, 0.1) is 6.26 Å². The van der Waals surface area contributed by atoms with Gasteiger partial charge in [0.15, 0.2) is 0 Å². The van der Waals surface area contributed by atoms with Crippen molar-refractivity contribution in [1.82, 2.24) is 14.6 Å². The molecule has 0 amide bonds. The third-order valence-electron chi connectivity index (χ3n) is 4.29. The van der Waals surface area contributed by atoms with Gasteiger partial charge in [0.25, 0.3) is 0 Å². The number of hydrogen-bond acceptors (Lipinski definition) is 4. The SMILES string of the molecule is CNC(CC1CCCN(S(C)(=O)=O)C1)c1cccnc1C. The fourth-order valence-electron chi connectivity index (χ4n) is 3.12. The molecule has 1 aliphatic rings. The molecule has 0 radical (unpaired) electrons. The van der Waals surface area contributed by atoms with E-state index in [1.54, 1.807) is 10.5 Å². The number of pyridine rings is 1. The van der Waals surface area contributed by atoms with Gasteiger partial charge in [-0.05, 0) is 50.8 Å². The molecule has 1 aliphatic heterocycles. The molecular weight excluding hydrogens is 286 g/mol. The second-order valence-corrected chi connectivity index (χ2v) is 7.87. The van der Waals surface area contributed by atoms with Gasteiger partial charge in [-0.15, -0.1) is 0 Å². The summed E-state index contributed by atoms with van der Waals surface area (Å²) in [5.74, 6) is 0.394. The fourth-order valence-corrected chi connectivity index (χ4v) is 4.06. The molecule has 1 aromatic rings. The van der Waals surface area contributed by atoms with Gasteiger partial charge in [-0.25, -0.2) is 12.7 Å². The predicted molar refractivity (Wildman–Crippen MR) is 84.5 cm³/mol. The van der Waals surface area contributed by atoms with Crippen molar-refractivity contribution in [3.05, 3.63) is 29.6 Å². The highest BCUT2D eigenvalue weighted by molar-refractivity contribution is 7.88. The highest BCUT2D eigenvalue weighted by Gasteiger charge is 2.28. The summed E-state index contributed by atoms with van der Waals surface area (Å²) in [5, 5.41) is 3.35. The van der Waals surface area contributed by atoms with Crippen LogP contribution in [-0.2, 0) is 10.0 Å². The lowest BCUT2D eigenvalue weighted by Gasteiger charge is -2.33. The van der Waals surface area contributed by atoms with E-state index in [1.165, 1.54) is 11.8 Å². The molecule has 2 heterocycles. The Kier molecular flexibility index (Phi) is 5.35. The summed E-state index contributed by atoms with van der Waals surface area (Å²) in [5.41, 5.74) is 2.24. The lowest BCUT2D eigenvalue weighted by atomic mass is 9.89. The van der Waals surface area contributed by atoms with Crippen molar-refractivity contribution in [2.75, 3.05) is 26.4 Å². The van der Waals surface area contributed by atoms with Crippen LogP contribution in [0.2, 0.25) is 0 Å². The van der Waals surface area contributed by atoms with Crippen LogP contribution >= 0.6 is 0 Å². The van der Waals surface area contributed by atoms with Gasteiger partial charge >= 0.3 is 0 Å². The van der Waals surface area contributed by atoms with E-state index in [0.717, 1.165) is 25.0 Å². The minimum absolute atomic E-state index is 0.225. The first-order valence-electron chi connectivity index (χ1n) is 7.45. The summed E-state index contributed by atoms with van der Waals surface area (Å²) in [6.07, 6.45) is 6.08. The minimum atomic E-state index is -3.07. The van der Waals surface area contributed by atoms with Crippen molar-refractivity contribution in [3.63, 3.8) is 0 Å². The normalized spacial score (nSPS) is 22.1. The molecule has 0 spiro atoms. The van der Waals surface area contributed by atoms with Crippen LogP contribution in [0.5, 0.6) is 0 Å². The molecular formula is C15H25N3O2S. The van der Waals surface area contributed by atoms with E-state index in [9.17, 15) is 8.42 Å². The van der Waals surface area contributed by atoms with Crippen LogP contribution in [0.3, 0.4) is 0 Å². The molecule has 6 heteroatoms. The summed E-state index contributed by atoms with van der Waals surface area (Å²) in [6, 6.07) is 4.28. The third kappa shape index (κ3) is 4.25. The molecule has 21 heavy (non-hydrogen) atoms. The number of piperidine rings is 1. The first kappa shape index (κ1) is 16.4. The Labute approximate surface area is 127 Å². The van der Waals surface area contributed by atoms with Crippen molar-refractivity contribution in [3.8, 4) is 0 Å². The molecule has 0 aliphatic carbocycles. The van der Waals surface area contributed by atoms with Crippen molar-refractivity contribution < 1.29 is 8.42 Å². The Bertz CT molecular complexity index is 574. The number of nitrogens with one attached hydrogen (secondary N) is 1. The van der Waals surface area contributed by atoms with Crippen molar-refractivity contribution >= 4 is 10.0 Å². The van der Waals surface area contributed by atoms with Crippen LogP contribution in [0.1, 0.15) is 36.6 Å². The third-order valence-corrected chi connectivity index (χ3v) is 5.56. The van der Waals surface area contributed by atoms with Gasteiger partial charge < -0.3 is 5.32 Å². The largest absolute Gasteiger partial charge is 0.313 e. The van der Waals surface area contributed by atoms with E-state index in [0.29, 0.717) is 19.0 Å². The van der Waals surface area contributed by atoms with Gasteiger partial charge in [-0.2, -0.15) is 0 Å². The highest BCUT2D eigenvalue weighted by Crippen LogP contribution is 2.29. The summed E-state index contributed by atoms with van der Waals surface area (Å²) in [7, 11) is -1.12. The molecule has 1 fully saturated rings. The molecule has 0 bridgehead atoms. The average Bonchev–Trinajstić information content (AvgIpc) is 2.45. The molecule has 2 unspecified atom stereocenters. The smallest absolute Gasteiger partial charge is 0.211 e. The summed E-state index contributed by atoms with van der Waals surface area (Å²) in [6.45, 7) is 3.31. The Morgan fingerprint density at radius 2 is 2.29 bits per heavy atom. The molecule has 1 N–H and O–H groups in total. The molecule has 0 aromatic carbocycles. The van der Waals surface area contributed by atoms with E-state index in [-0.39, 0.29) is 6.04 Å². The Morgan fingerprint density at radius 1 is 1.52 bits per heavy atom. The van der Waals surface area contributed by atoms with E-state index in [2.05, 4.69) is 16.4 Å². The molecule has 1 aromatic heterocycles. The maximum atomic E-state index is 11.7. The van der Waals surface area contributed by atoms with Crippen molar-refractivity contribution in [1.29, 1.82) is 0 Å². The standard InChI is InChI=1S/C15H25N3O2S/c1-12-14(7-4-8-17-12)15(16-2)10-13-6-5-9-18(11-13)21(3,19)20/h4,7-8,13,15-16H,5-6,9-11H2,1-3H3. The maximum absolute atomic E-state index is 11.7. The van der Waals surface area contributed by atoms with E-state index >= 15 is 0 Å². The van der Waals surface area contributed by atoms with Gasteiger partial charge in [-0.1, -0.05) is 6.07 Å². The summed E-state index contributed by atoms with van der Waals surface area (Å²) < 4.78 is 25.0. The van der Waals surface area contributed by atoms with E-state index in [4.69, 9.17) is 0 Å². The first-order valence-corrected chi connectivity index (χ1v) is 9.30. The zero-order valence-electron chi connectivity index (χ0n) is 13.0. The molecule has 0 saturated carbocycles. The lowest BCUT2D eigenvalue weighted by molar-refractivity contribution is 0.240.